The lowest BCUT2D eigenvalue weighted by molar-refractivity contribution is -0.147. The summed E-state index contributed by atoms with van der Waals surface area (Å²) in [5.74, 6) is -0.498. The third-order valence-corrected chi connectivity index (χ3v) is 5.64. The zero-order valence-corrected chi connectivity index (χ0v) is 21.8. The first-order chi connectivity index (χ1) is 15.2. The molecular formula is C25H39N3O4S. The number of benzene rings is 1. The summed E-state index contributed by atoms with van der Waals surface area (Å²) in [4.78, 5) is 41.4. The number of nitrogens with one attached hydrogen (secondary N) is 2. The Morgan fingerprint density at radius 1 is 1.15 bits per heavy atom. The summed E-state index contributed by atoms with van der Waals surface area (Å²) >= 11 is 4.33. The van der Waals surface area contributed by atoms with Crippen LogP contribution in [0.2, 0.25) is 0 Å². The molecule has 2 atom stereocenters. The van der Waals surface area contributed by atoms with E-state index in [9.17, 15) is 14.4 Å². The second-order valence-electron chi connectivity index (χ2n) is 10.8. The summed E-state index contributed by atoms with van der Waals surface area (Å²) in [6.07, 6.45) is 1.92. The molecule has 2 unspecified atom stereocenters. The van der Waals surface area contributed by atoms with Crippen LogP contribution in [0.25, 0.3) is 0 Å². The second-order valence-corrected chi connectivity index (χ2v) is 11.1. The Labute approximate surface area is 203 Å². The normalized spacial score (nSPS) is 16.2. The monoisotopic (exact) mass is 477 g/mol. The van der Waals surface area contributed by atoms with Gasteiger partial charge in [-0.05, 0) is 73.3 Å². The molecule has 0 radical (unpaired) electrons. The van der Waals surface area contributed by atoms with E-state index in [-0.39, 0.29) is 23.6 Å². The zero-order valence-electron chi connectivity index (χ0n) is 20.9. The summed E-state index contributed by atoms with van der Waals surface area (Å²) < 4.78 is 5.34. The van der Waals surface area contributed by atoms with Crippen molar-refractivity contribution in [1.82, 2.24) is 15.5 Å². The molecule has 7 nitrogen and oxygen atoms in total. The van der Waals surface area contributed by atoms with E-state index in [1.807, 2.05) is 52.0 Å². The van der Waals surface area contributed by atoms with Gasteiger partial charge in [0.2, 0.25) is 11.8 Å². The van der Waals surface area contributed by atoms with Gasteiger partial charge in [-0.3, -0.25) is 9.59 Å². The summed E-state index contributed by atoms with van der Waals surface area (Å²) in [5, 5.41) is 5.69. The smallest absolute Gasteiger partial charge is 0.408 e. The maximum atomic E-state index is 13.8. The van der Waals surface area contributed by atoms with Gasteiger partial charge in [0, 0.05) is 17.3 Å². The fourth-order valence-electron chi connectivity index (χ4n) is 3.71. The minimum Gasteiger partial charge on any atom is -0.444 e. The van der Waals surface area contributed by atoms with Gasteiger partial charge in [0.05, 0.1) is 0 Å². The van der Waals surface area contributed by atoms with Crippen molar-refractivity contribution < 1.29 is 19.1 Å². The molecule has 1 fully saturated rings. The third kappa shape index (κ3) is 7.95. The molecule has 1 saturated carbocycles. The van der Waals surface area contributed by atoms with E-state index < -0.39 is 29.3 Å². The van der Waals surface area contributed by atoms with Gasteiger partial charge in [-0.25, -0.2) is 4.79 Å². The predicted octanol–water partition coefficient (Wildman–Crippen LogP) is 4.16. The third-order valence-electron chi connectivity index (χ3n) is 5.28. The molecule has 0 saturated heterocycles. The number of hydrogen-bond donors (Lipinski definition) is 3. The zero-order chi connectivity index (χ0) is 25.0. The highest BCUT2D eigenvalue weighted by molar-refractivity contribution is 7.80. The number of nitrogens with zero attached hydrogens (tertiary/aromatic N) is 1. The molecule has 33 heavy (non-hydrogen) atoms. The van der Waals surface area contributed by atoms with Crippen LogP contribution in [0.3, 0.4) is 0 Å². The van der Waals surface area contributed by atoms with Crippen molar-refractivity contribution in [3.8, 4) is 0 Å². The highest BCUT2D eigenvalue weighted by Crippen LogP contribution is 2.34. The summed E-state index contributed by atoms with van der Waals surface area (Å²) in [6, 6.07) is 5.83. The SMILES string of the molecule is Cc1cccc(C(C(=O)NC(C)(C)C)N(C(=O)C(CS)NC(=O)OC(C)(C)C)C2CCC2)c1. The quantitative estimate of drug-likeness (QED) is 0.515. The van der Waals surface area contributed by atoms with Gasteiger partial charge in [0.1, 0.15) is 17.7 Å². The molecule has 0 aliphatic heterocycles. The highest BCUT2D eigenvalue weighted by atomic mass is 32.1. The highest BCUT2D eigenvalue weighted by Gasteiger charge is 2.42. The molecule has 184 valence electrons. The van der Waals surface area contributed by atoms with E-state index in [2.05, 4.69) is 23.3 Å². The van der Waals surface area contributed by atoms with Gasteiger partial charge in [0.15, 0.2) is 0 Å². The van der Waals surface area contributed by atoms with Crippen LogP contribution in [0.4, 0.5) is 4.79 Å². The van der Waals surface area contributed by atoms with Gasteiger partial charge in [0.25, 0.3) is 0 Å². The fraction of sp³-hybridized carbons (Fsp3) is 0.640. The van der Waals surface area contributed by atoms with E-state index in [1.54, 1.807) is 25.7 Å². The van der Waals surface area contributed by atoms with Gasteiger partial charge in [-0.15, -0.1) is 0 Å². The number of ether oxygens (including phenoxy) is 1. The van der Waals surface area contributed by atoms with Crippen LogP contribution in [-0.4, -0.2) is 51.8 Å². The van der Waals surface area contributed by atoms with E-state index >= 15 is 0 Å². The Bertz CT molecular complexity index is 856. The van der Waals surface area contributed by atoms with Crippen molar-refractivity contribution in [2.24, 2.45) is 0 Å². The molecule has 0 heterocycles. The Morgan fingerprint density at radius 2 is 1.79 bits per heavy atom. The number of carbonyl (C=O) groups excluding carboxylic acids is 3. The molecule has 2 rings (SSSR count). The lowest BCUT2D eigenvalue weighted by atomic mass is 9.87. The summed E-state index contributed by atoms with van der Waals surface area (Å²) in [7, 11) is 0. The molecule has 0 aromatic heterocycles. The number of alkyl carbamates (subject to hydrolysis) is 1. The van der Waals surface area contributed by atoms with E-state index in [0.717, 1.165) is 30.4 Å². The van der Waals surface area contributed by atoms with Crippen molar-refractivity contribution in [2.75, 3.05) is 5.75 Å². The van der Waals surface area contributed by atoms with Crippen LogP contribution >= 0.6 is 12.6 Å². The maximum Gasteiger partial charge on any atom is 0.408 e. The lowest BCUT2D eigenvalue weighted by Crippen LogP contribution is -2.59. The number of aryl methyl sites for hydroxylation is 1. The Morgan fingerprint density at radius 3 is 2.24 bits per heavy atom. The van der Waals surface area contributed by atoms with Gasteiger partial charge in [-0.1, -0.05) is 29.8 Å². The molecule has 0 bridgehead atoms. The molecular weight excluding hydrogens is 438 g/mol. The van der Waals surface area contributed by atoms with E-state index in [1.165, 1.54) is 0 Å². The standard InChI is InChI=1S/C25H39N3O4S/c1-16-10-8-11-17(14-16)20(21(29)27-24(2,3)4)28(18-12-9-13-18)22(30)19(15-33)26-23(31)32-25(5,6)7/h8,10-11,14,18-20,33H,9,12-13,15H2,1-7H3,(H,26,31)(H,27,29). The largest absolute Gasteiger partial charge is 0.444 e. The molecule has 1 aromatic rings. The van der Waals surface area contributed by atoms with Gasteiger partial charge < -0.3 is 20.3 Å². The molecule has 8 heteroatoms. The maximum absolute atomic E-state index is 13.8. The van der Waals surface area contributed by atoms with Crippen molar-refractivity contribution in [3.05, 3.63) is 35.4 Å². The first-order valence-electron chi connectivity index (χ1n) is 11.5. The topological polar surface area (TPSA) is 87.7 Å². The summed E-state index contributed by atoms with van der Waals surface area (Å²) in [6.45, 7) is 13.0. The predicted molar refractivity (Wildman–Crippen MR) is 133 cm³/mol. The van der Waals surface area contributed by atoms with Crippen molar-refractivity contribution >= 4 is 30.5 Å². The van der Waals surface area contributed by atoms with Crippen molar-refractivity contribution in [2.45, 2.75) is 97.0 Å². The van der Waals surface area contributed by atoms with Crippen LogP contribution in [-0.2, 0) is 14.3 Å². The molecule has 1 aromatic carbocycles. The first-order valence-corrected chi connectivity index (χ1v) is 12.2. The van der Waals surface area contributed by atoms with Crippen LogP contribution in [0.5, 0.6) is 0 Å². The van der Waals surface area contributed by atoms with Gasteiger partial charge >= 0.3 is 6.09 Å². The van der Waals surface area contributed by atoms with Crippen molar-refractivity contribution in [3.63, 3.8) is 0 Å². The molecule has 1 aliphatic carbocycles. The number of carbonyl (C=O) groups is 3. The van der Waals surface area contributed by atoms with Crippen LogP contribution in [0.15, 0.2) is 24.3 Å². The van der Waals surface area contributed by atoms with Crippen LogP contribution < -0.4 is 10.6 Å². The molecule has 3 amide bonds. The number of rotatable bonds is 7. The number of hydrogen-bond acceptors (Lipinski definition) is 5. The fourth-order valence-corrected chi connectivity index (χ4v) is 3.96. The minimum absolute atomic E-state index is 0.0860. The average Bonchev–Trinajstić information content (AvgIpc) is 2.60. The Hall–Kier alpha value is -2.22. The molecule has 1 aliphatic rings. The molecule has 0 spiro atoms. The second kappa shape index (κ2) is 10.8. The average molecular weight is 478 g/mol. The van der Waals surface area contributed by atoms with E-state index in [0.29, 0.717) is 0 Å². The molecule has 2 N–H and O–H groups in total. The van der Waals surface area contributed by atoms with Crippen LogP contribution in [0, 0.1) is 6.92 Å². The van der Waals surface area contributed by atoms with E-state index in [4.69, 9.17) is 4.74 Å². The Kier molecular flexibility index (Phi) is 8.85. The number of amides is 3. The lowest BCUT2D eigenvalue weighted by Gasteiger charge is -2.44. The first kappa shape index (κ1) is 27.0. The minimum atomic E-state index is -0.918. The Balaban J connectivity index is 2.44. The van der Waals surface area contributed by atoms with Gasteiger partial charge in [-0.2, -0.15) is 12.6 Å². The summed E-state index contributed by atoms with van der Waals surface area (Å²) in [5.41, 5.74) is 0.580. The van der Waals surface area contributed by atoms with Crippen molar-refractivity contribution in [1.29, 1.82) is 0 Å². The van der Waals surface area contributed by atoms with Crippen LogP contribution in [0.1, 0.15) is 78.0 Å². The number of thiol groups is 1.